The van der Waals surface area contributed by atoms with Crippen molar-refractivity contribution in [2.75, 3.05) is 53.0 Å². The summed E-state index contributed by atoms with van der Waals surface area (Å²) in [6.45, 7) is 9.42. The molecule has 7 heteroatoms. The summed E-state index contributed by atoms with van der Waals surface area (Å²) in [5, 5.41) is 9.17. The van der Waals surface area contributed by atoms with E-state index in [9.17, 15) is 0 Å². The summed E-state index contributed by atoms with van der Waals surface area (Å²) in [6.07, 6.45) is 1.10. The molecule has 0 unspecified atom stereocenters. The van der Waals surface area contributed by atoms with Crippen LogP contribution in [0.2, 0.25) is 0 Å². The molecule has 1 saturated heterocycles. The van der Waals surface area contributed by atoms with Crippen LogP contribution in [0.4, 0.5) is 0 Å². The molecule has 2 aromatic rings. The van der Waals surface area contributed by atoms with Crippen LogP contribution >= 0.6 is 24.0 Å². The van der Waals surface area contributed by atoms with Gasteiger partial charge in [-0.3, -0.25) is 4.90 Å². The molecule has 2 aromatic carbocycles. The Morgan fingerprint density at radius 2 is 1.86 bits per heavy atom. The molecule has 1 aliphatic rings. The monoisotopic (exact) mass is 512 g/mol. The van der Waals surface area contributed by atoms with Gasteiger partial charge in [0.2, 0.25) is 0 Å². The molecule has 1 heterocycles. The van der Waals surface area contributed by atoms with Gasteiger partial charge in [0.05, 0.1) is 26.9 Å². The number of methoxy groups -OCH3 is 1. The third-order valence-electron chi connectivity index (χ3n) is 4.92. The molecule has 0 spiro atoms. The number of hydrogen-bond donors (Lipinski definition) is 2. The van der Waals surface area contributed by atoms with Crippen LogP contribution in [0.3, 0.4) is 0 Å². The van der Waals surface area contributed by atoms with E-state index in [-0.39, 0.29) is 24.0 Å². The number of benzene rings is 2. The minimum Gasteiger partial charge on any atom is -0.497 e. The van der Waals surface area contributed by atoms with E-state index >= 15 is 0 Å². The van der Waals surface area contributed by atoms with Gasteiger partial charge in [-0.2, -0.15) is 0 Å². The lowest BCUT2D eigenvalue weighted by Gasteiger charge is -2.26. The minimum atomic E-state index is 0. The predicted molar refractivity (Wildman–Crippen MR) is 131 cm³/mol. The van der Waals surface area contributed by atoms with E-state index < -0.39 is 0 Å². The first kappa shape index (κ1) is 23.7. The van der Waals surface area contributed by atoms with E-state index in [1.165, 1.54) is 16.3 Å². The molecule has 0 atom stereocenters. The lowest BCUT2D eigenvalue weighted by Crippen LogP contribution is -2.40. The molecule has 1 fully saturated rings. The minimum absolute atomic E-state index is 0. The summed E-state index contributed by atoms with van der Waals surface area (Å²) >= 11 is 0. The van der Waals surface area contributed by atoms with Crippen molar-refractivity contribution in [3.8, 4) is 5.75 Å². The smallest absolute Gasteiger partial charge is 0.191 e. The van der Waals surface area contributed by atoms with E-state index in [1.54, 1.807) is 7.11 Å². The Morgan fingerprint density at radius 3 is 2.62 bits per heavy atom. The van der Waals surface area contributed by atoms with Crippen LogP contribution in [0.1, 0.15) is 18.9 Å². The maximum Gasteiger partial charge on any atom is 0.191 e. The summed E-state index contributed by atoms with van der Waals surface area (Å²) < 4.78 is 10.7. The van der Waals surface area contributed by atoms with Crippen LogP contribution in [0.5, 0.6) is 5.75 Å². The fraction of sp³-hybridized carbons (Fsp3) is 0.500. The van der Waals surface area contributed by atoms with Crippen molar-refractivity contribution in [1.82, 2.24) is 15.5 Å². The van der Waals surface area contributed by atoms with E-state index in [0.29, 0.717) is 6.54 Å². The standard InChI is InChI=1S/C22H32N4O2.HI/c1-3-23-22(24-9-4-10-26-11-13-28-14-12-26)25-17-18-5-6-20-16-21(27-2)8-7-19(20)15-18;/h5-8,15-16H,3-4,9-14,17H2,1-2H3,(H2,23,24,25);1H. The van der Waals surface area contributed by atoms with E-state index in [2.05, 4.69) is 52.8 Å². The Labute approximate surface area is 191 Å². The van der Waals surface area contributed by atoms with Gasteiger partial charge in [-0.15, -0.1) is 24.0 Å². The molecule has 0 aliphatic carbocycles. The Hall–Kier alpha value is -1.58. The van der Waals surface area contributed by atoms with E-state index in [4.69, 9.17) is 14.5 Å². The number of rotatable bonds is 8. The van der Waals surface area contributed by atoms with Crippen molar-refractivity contribution in [1.29, 1.82) is 0 Å². The topological polar surface area (TPSA) is 58.1 Å². The Kier molecular flexibility index (Phi) is 10.5. The van der Waals surface area contributed by atoms with Gasteiger partial charge in [0.15, 0.2) is 5.96 Å². The number of ether oxygens (including phenoxy) is 2. The molecule has 0 bridgehead atoms. The highest BCUT2D eigenvalue weighted by molar-refractivity contribution is 14.0. The third-order valence-corrected chi connectivity index (χ3v) is 4.92. The summed E-state index contributed by atoms with van der Waals surface area (Å²) in [7, 11) is 1.69. The summed E-state index contributed by atoms with van der Waals surface area (Å²) in [6, 6.07) is 12.6. The zero-order valence-corrected chi connectivity index (χ0v) is 19.8. The zero-order valence-electron chi connectivity index (χ0n) is 17.4. The van der Waals surface area contributed by atoms with E-state index in [0.717, 1.165) is 64.1 Å². The first-order valence-corrected chi connectivity index (χ1v) is 10.2. The lowest BCUT2D eigenvalue weighted by molar-refractivity contribution is 0.0376. The maximum absolute atomic E-state index is 5.40. The number of nitrogens with zero attached hydrogens (tertiary/aromatic N) is 2. The van der Waals surface area contributed by atoms with Crippen molar-refractivity contribution in [2.45, 2.75) is 19.9 Å². The third kappa shape index (κ3) is 7.64. The second kappa shape index (κ2) is 12.9. The number of nitrogens with one attached hydrogen (secondary N) is 2. The summed E-state index contributed by atoms with van der Waals surface area (Å²) in [5.41, 5.74) is 1.20. The largest absolute Gasteiger partial charge is 0.497 e. The van der Waals surface area contributed by atoms with Gasteiger partial charge >= 0.3 is 0 Å². The van der Waals surface area contributed by atoms with Gasteiger partial charge in [0.25, 0.3) is 0 Å². The number of guanidine groups is 1. The average Bonchev–Trinajstić information content (AvgIpc) is 2.75. The highest BCUT2D eigenvalue weighted by Crippen LogP contribution is 2.22. The second-order valence-electron chi connectivity index (χ2n) is 6.98. The zero-order chi connectivity index (χ0) is 19.6. The highest BCUT2D eigenvalue weighted by Gasteiger charge is 2.09. The highest BCUT2D eigenvalue weighted by atomic mass is 127. The quantitative estimate of drug-likeness (QED) is 0.246. The molecule has 29 heavy (non-hydrogen) atoms. The first-order valence-electron chi connectivity index (χ1n) is 10.2. The maximum atomic E-state index is 5.40. The van der Waals surface area contributed by atoms with Gasteiger partial charge in [-0.1, -0.05) is 18.2 Å². The molecule has 2 N–H and O–H groups in total. The van der Waals surface area contributed by atoms with Crippen LogP contribution in [0, 0.1) is 0 Å². The normalized spacial score (nSPS) is 15.0. The molecule has 1 aliphatic heterocycles. The molecule has 0 saturated carbocycles. The molecule has 0 radical (unpaired) electrons. The average molecular weight is 512 g/mol. The number of halogens is 1. The second-order valence-corrected chi connectivity index (χ2v) is 6.98. The van der Waals surface area contributed by atoms with Crippen molar-refractivity contribution < 1.29 is 9.47 Å². The molecular formula is C22H33IN4O2. The predicted octanol–water partition coefficient (Wildman–Crippen LogP) is 3.24. The fourth-order valence-corrected chi connectivity index (χ4v) is 3.34. The van der Waals surface area contributed by atoms with Gasteiger partial charge in [-0.25, -0.2) is 4.99 Å². The van der Waals surface area contributed by atoms with Gasteiger partial charge in [0, 0.05) is 26.2 Å². The lowest BCUT2D eigenvalue weighted by atomic mass is 10.1. The molecule has 6 nitrogen and oxygen atoms in total. The number of fused-ring (bicyclic) bond motifs is 1. The van der Waals surface area contributed by atoms with Crippen molar-refractivity contribution in [3.05, 3.63) is 42.0 Å². The molecule has 0 aromatic heterocycles. The van der Waals surface area contributed by atoms with Crippen molar-refractivity contribution >= 4 is 40.7 Å². The Bertz CT molecular complexity index is 778. The Morgan fingerprint density at radius 1 is 1.10 bits per heavy atom. The van der Waals surface area contributed by atoms with Gasteiger partial charge in [-0.05, 0) is 54.4 Å². The molecule has 160 valence electrons. The van der Waals surface area contributed by atoms with Crippen molar-refractivity contribution in [2.24, 2.45) is 4.99 Å². The first-order chi connectivity index (χ1) is 13.8. The number of aliphatic imine (C=N–C) groups is 1. The van der Waals surface area contributed by atoms with Crippen LogP contribution in [-0.4, -0.2) is 63.9 Å². The van der Waals surface area contributed by atoms with Crippen molar-refractivity contribution in [3.63, 3.8) is 0 Å². The molecule has 0 amide bonds. The SMILES string of the molecule is CCNC(=NCc1ccc2cc(OC)ccc2c1)NCCCN1CCOCC1.I. The Balaban J connectivity index is 0.00000300. The number of morpholine rings is 1. The molecular weight excluding hydrogens is 479 g/mol. The van der Waals surface area contributed by atoms with Gasteiger partial charge < -0.3 is 20.1 Å². The molecule has 3 rings (SSSR count). The number of hydrogen-bond acceptors (Lipinski definition) is 4. The van der Waals surface area contributed by atoms with Crippen LogP contribution in [0.15, 0.2) is 41.4 Å². The van der Waals surface area contributed by atoms with Crippen LogP contribution < -0.4 is 15.4 Å². The van der Waals surface area contributed by atoms with Crippen LogP contribution in [-0.2, 0) is 11.3 Å². The van der Waals surface area contributed by atoms with E-state index in [1.807, 2.05) is 6.07 Å². The summed E-state index contributed by atoms with van der Waals surface area (Å²) in [4.78, 5) is 7.20. The van der Waals surface area contributed by atoms with Crippen LogP contribution in [0.25, 0.3) is 10.8 Å². The fourth-order valence-electron chi connectivity index (χ4n) is 3.34. The summed E-state index contributed by atoms with van der Waals surface area (Å²) in [5.74, 6) is 1.76. The van der Waals surface area contributed by atoms with Gasteiger partial charge in [0.1, 0.15) is 5.75 Å².